The van der Waals surface area contributed by atoms with E-state index in [1.165, 1.54) is 0 Å². The highest BCUT2D eigenvalue weighted by molar-refractivity contribution is 5.93. The molecule has 0 aliphatic rings. The van der Waals surface area contributed by atoms with E-state index in [1.54, 1.807) is 0 Å². The normalized spacial score (nSPS) is 10.4. The van der Waals surface area contributed by atoms with Gasteiger partial charge >= 0.3 is 5.97 Å². The third-order valence-electron chi connectivity index (χ3n) is 1.63. The average Bonchev–Trinajstić information content (AvgIpc) is 2.14. The van der Waals surface area contributed by atoms with E-state index >= 15 is 0 Å². The second-order valence-corrected chi connectivity index (χ2v) is 2.96. The predicted molar refractivity (Wildman–Crippen MR) is 53.4 cm³/mol. The van der Waals surface area contributed by atoms with Crippen LogP contribution < -0.4 is 5.73 Å². The molecule has 4 heteroatoms. The summed E-state index contributed by atoms with van der Waals surface area (Å²) < 4.78 is 4.81. The van der Waals surface area contributed by atoms with Gasteiger partial charge in [-0.3, -0.25) is 4.79 Å². The Bertz CT molecular complexity index is 211. The Labute approximate surface area is 84.1 Å². The molecule has 0 radical (unpaired) electrons. The SMILES string of the molecule is CCCCCCOC(=O)C=CC(N)=O. The van der Waals surface area contributed by atoms with Crippen LogP contribution in [0.3, 0.4) is 0 Å². The van der Waals surface area contributed by atoms with E-state index in [-0.39, 0.29) is 0 Å². The molecule has 1 amide bonds. The Morgan fingerprint density at radius 3 is 2.50 bits per heavy atom. The van der Waals surface area contributed by atoms with Gasteiger partial charge in [-0.05, 0) is 6.42 Å². The number of carbonyl (C=O) groups excluding carboxylic acids is 2. The van der Waals surface area contributed by atoms with Crippen molar-refractivity contribution in [2.45, 2.75) is 32.6 Å². The Kier molecular flexibility index (Phi) is 7.50. The van der Waals surface area contributed by atoms with Gasteiger partial charge < -0.3 is 10.5 Å². The summed E-state index contributed by atoms with van der Waals surface area (Å²) in [6.07, 6.45) is 6.26. The second-order valence-electron chi connectivity index (χ2n) is 2.96. The van der Waals surface area contributed by atoms with Crippen LogP contribution in [0, 0.1) is 0 Å². The maximum absolute atomic E-state index is 10.9. The van der Waals surface area contributed by atoms with E-state index in [9.17, 15) is 9.59 Å². The van der Waals surface area contributed by atoms with E-state index in [2.05, 4.69) is 6.92 Å². The minimum Gasteiger partial charge on any atom is -0.463 e. The third kappa shape index (κ3) is 8.77. The lowest BCUT2D eigenvalue weighted by Gasteiger charge is -2.00. The standard InChI is InChI=1S/C10H17NO3/c1-2-3-4-5-8-14-10(13)7-6-9(11)12/h6-7H,2-5,8H2,1H3,(H2,11,12). The monoisotopic (exact) mass is 199 g/mol. The minimum atomic E-state index is -0.645. The van der Waals surface area contributed by atoms with Crippen molar-refractivity contribution in [1.82, 2.24) is 0 Å². The highest BCUT2D eigenvalue weighted by Crippen LogP contribution is 1.98. The van der Waals surface area contributed by atoms with E-state index < -0.39 is 11.9 Å². The Hall–Kier alpha value is -1.32. The largest absolute Gasteiger partial charge is 0.463 e. The lowest BCUT2D eigenvalue weighted by Crippen LogP contribution is -2.08. The Morgan fingerprint density at radius 1 is 1.21 bits per heavy atom. The summed E-state index contributed by atoms with van der Waals surface area (Å²) in [7, 11) is 0. The van der Waals surface area contributed by atoms with Crippen LogP contribution in [0.1, 0.15) is 32.6 Å². The molecular formula is C10H17NO3. The van der Waals surface area contributed by atoms with E-state index in [1.807, 2.05) is 0 Å². The fraction of sp³-hybridized carbons (Fsp3) is 0.600. The molecule has 0 heterocycles. The van der Waals surface area contributed by atoms with Crippen LogP contribution in [0.15, 0.2) is 12.2 Å². The van der Waals surface area contributed by atoms with Crippen LogP contribution in [0.4, 0.5) is 0 Å². The van der Waals surface area contributed by atoms with Crippen molar-refractivity contribution in [2.75, 3.05) is 6.61 Å². The molecule has 80 valence electrons. The van der Waals surface area contributed by atoms with Crippen LogP contribution in [-0.4, -0.2) is 18.5 Å². The van der Waals surface area contributed by atoms with Gasteiger partial charge in [-0.25, -0.2) is 4.79 Å². The summed E-state index contributed by atoms with van der Waals surface area (Å²) in [6.45, 7) is 2.52. The van der Waals surface area contributed by atoms with Gasteiger partial charge in [0.1, 0.15) is 0 Å². The van der Waals surface area contributed by atoms with E-state index in [4.69, 9.17) is 10.5 Å². The lowest BCUT2D eigenvalue weighted by molar-refractivity contribution is -0.138. The van der Waals surface area contributed by atoms with Gasteiger partial charge in [0.15, 0.2) is 0 Å². The molecular weight excluding hydrogens is 182 g/mol. The van der Waals surface area contributed by atoms with Crippen LogP contribution in [-0.2, 0) is 14.3 Å². The first-order valence-corrected chi connectivity index (χ1v) is 4.81. The van der Waals surface area contributed by atoms with Crippen molar-refractivity contribution in [2.24, 2.45) is 5.73 Å². The summed E-state index contributed by atoms with van der Waals surface area (Å²) in [6, 6.07) is 0. The number of hydrogen-bond acceptors (Lipinski definition) is 3. The van der Waals surface area contributed by atoms with Crippen molar-refractivity contribution in [3.05, 3.63) is 12.2 Å². The molecule has 0 bridgehead atoms. The number of rotatable bonds is 7. The zero-order chi connectivity index (χ0) is 10.8. The zero-order valence-corrected chi connectivity index (χ0v) is 8.49. The van der Waals surface area contributed by atoms with Gasteiger partial charge in [0, 0.05) is 12.2 Å². The molecule has 0 spiro atoms. The maximum Gasteiger partial charge on any atom is 0.330 e. The zero-order valence-electron chi connectivity index (χ0n) is 8.49. The molecule has 0 aromatic rings. The number of ether oxygens (including phenoxy) is 1. The lowest BCUT2D eigenvalue weighted by atomic mass is 10.2. The Balaban J connectivity index is 3.40. The molecule has 0 aromatic heterocycles. The Morgan fingerprint density at radius 2 is 1.93 bits per heavy atom. The number of unbranched alkanes of at least 4 members (excludes halogenated alkanes) is 3. The van der Waals surface area contributed by atoms with Crippen LogP contribution in [0.2, 0.25) is 0 Å². The van der Waals surface area contributed by atoms with Crippen molar-refractivity contribution in [3.8, 4) is 0 Å². The summed E-state index contributed by atoms with van der Waals surface area (Å²) >= 11 is 0. The van der Waals surface area contributed by atoms with E-state index in [0.29, 0.717) is 6.61 Å². The molecule has 4 nitrogen and oxygen atoms in total. The number of carbonyl (C=O) groups is 2. The van der Waals surface area contributed by atoms with E-state index in [0.717, 1.165) is 37.8 Å². The quantitative estimate of drug-likeness (QED) is 0.380. The van der Waals surface area contributed by atoms with Crippen LogP contribution >= 0.6 is 0 Å². The van der Waals surface area contributed by atoms with Gasteiger partial charge in [-0.15, -0.1) is 0 Å². The summed E-state index contributed by atoms with van der Waals surface area (Å²) in [4.78, 5) is 21.1. The smallest absolute Gasteiger partial charge is 0.330 e. The topological polar surface area (TPSA) is 69.4 Å². The molecule has 0 fully saturated rings. The molecule has 0 aliphatic heterocycles. The van der Waals surface area contributed by atoms with Crippen molar-refractivity contribution >= 4 is 11.9 Å². The molecule has 0 unspecified atom stereocenters. The molecule has 0 atom stereocenters. The highest BCUT2D eigenvalue weighted by Gasteiger charge is 1.96. The van der Waals surface area contributed by atoms with Gasteiger partial charge in [-0.1, -0.05) is 26.2 Å². The first kappa shape index (κ1) is 12.7. The maximum atomic E-state index is 10.9. The number of esters is 1. The molecule has 0 saturated carbocycles. The fourth-order valence-electron chi connectivity index (χ4n) is 0.900. The number of amides is 1. The highest BCUT2D eigenvalue weighted by atomic mass is 16.5. The molecule has 0 saturated heterocycles. The van der Waals surface area contributed by atoms with Crippen molar-refractivity contribution < 1.29 is 14.3 Å². The van der Waals surface area contributed by atoms with Crippen molar-refractivity contribution in [1.29, 1.82) is 0 Å². The number of primary amides is 1. The number of nitrogens with two attached hydrogens (primary N) is 1. The second kappa shape index (κ2) is 8.29. The molecule has 0 rings (SSSR count). The van der Waals surface area contributed by atoms with Crippen molar-refractivity contribution in [3.63, 3.8) is 0 Å². The third-order valence-corrected chi connectivity index (χ3v) is 1.63. The van der Waals surface area contributed by atoms with Gasteiger partial charge in [0.05, 0.1) is 6.61 Å². The predicted octanol–water partition coefficient (Wildman–Crippen LogP) is 1.15. The van der Waals surface area contributed by atoms with Crippen LogP contribution in [0.25, 0.3) is 0 Å². The first-order chi connectivity index (χ1) is 6.66. The molecule has 14 heavy (non-hydrogen) atoms. The minimum absolute atomic E-state index is 0.405. The van der Waals surface area contributed by atoms with Gasteiger partial charge in [0.25, 0.3) is 0 Å². The average molecular weight is 199 g/mol. The summed E-state index contributed by atoms with van der Waals surface area (Å²) in [5.41, 5.74) is 4.80. The molecule has 2 N–H and O–H groups in total. The van der Waals surface area contributed by atoms with Crippen LogP contribution in [0.5, 0.6) is 0 Å². The first-order valence-electron chi connectivity index (χ1n) is 4.81. The molecule has 0 aromatic carbocycles. The fourth-order valence-corrected chi connectivity index (χ4v) is 0.900. The van der Waals surface area contributed by atoms with Gasteiger partial charge in [0.2, 0.25) is 5.91 Å². The van der Waals surface area contributed by atoms with Gasteiger partial charge in [-0.2, -0.15) is 0 Å². The summed E-state index contributed by atoms with van der Waals surface area (Å²) in [5.74, 6) is -1.16. The summed E-state index contributed by atoms with van der Waals surface area (Å²) in [5, 5.41) is 0. The molecule has 0 aliphatic carbocycles. The number of hydrogen-bond donors (Lipinski definition) is 1.